The minimum Gasteiger partial charge on any atom is -0.458 e. The van der Waals surface area contributed by atoms with Crippen molar-refractivity contribution in [2.45, 2.75) is 52.1 Å². The molecule has 0 saturated heterocycles. The summed E-state index contributed by atoms with van der Waals surface area (Å²) in [4.78, 5) is 11.4. The molecule has 0 bridgehead atoms. The second-order valence-electron chi connectivity index (χ2n) is 6.17. The van der Waals surface area contributed by atoms with Crippen LogP contribution in [0.3, 0.4) is 0 Å². The number of carbonyl (C=O) groups is 1. The smallest absolute Gasteiger partial charge is 0.332 e. The molecular formula is C14H26O4. The Balaban J connectivity index is 2.10. The van der Waals surface area contributed by atoms with Gasteiger partial charge >= 0.3 is 5.97 Å². The first-order valence-electron chi connectivity index (χ1n) is 6.81. The molecule has 0 unspecified atom stereocenters. The Bertz CT molecular complexity index is 249. The van der Waals surface area contributed by atoms with Crippen LogP contribution in [0.1, 0.15) is 46.5 Å². The van der Waals surface area contributed by atoms with E-state index in [1.165, 1.54) is 0 Å². The zero-order valence-corrected chi connectivity index (χ0v) is 11.8. The summed E-state index contributed by atoms with van der Waals surface area (Å²) >= 11 is 0. The van der Waals surface area contributed by atoms with Gasteiger partial charge in [0, 0.05) is 6.61 Å². The van der Waals surface area contributed by atoms with Crippen molar-refractivity contribution in [3.05, 3.63) is 0 Å². The van der Waals surface area contributed by atoms with Gasteiger partial charge in [-0.25, -0.2) is 4.79 Å². The van der Waals surface area contributed by atoms with Crippen LogP contribution in [-0.2, 0) is 14.3 Å². The highest BCUT2D eigenvalue weighted by molar-refractivity contribution is 5.71. The molecule has 0 radical (unpaired) electrons. The van der Waals surface area contributed by atoms with Crippen molar-refractivity contribution < 1.29 is 19.4 Å². The van der Waals surface area contributed by atoms with Crippen molar-refractivity contribution >= 4 is 5.97 Å². The Kier molecular flexibility index (Phi) is 6.09. The van der Waals surface area contributed by atoms with Crippen molar-refractivity contribution in [3.63, 3.8) is 0 Å². The molecule has 1 saturated carbocycles. The number of hydrogen-bond acceptors (Lipinski definition) is 4. The Morgan fingerprint density at radius 1 is 1.17 bits per heavy atom. The van der Waals surface area contributed by atoms with Gasteiger partial charge in [-0.15, -0.1) is 0 Å². The maximum absolute atomic E-state index is 11.4. The van der Waals surface area contributed by atoms with Gasteiger partial charge in [-0.2, -0.15) is 0 Å². The van der Waals surface area contributed by atoms with E-state index in [4.69, 9.17) is 14.6 Å². The molecule has 106 valence electrons. The molecule has 0 aromatic heterocycles. The molecule has 0 aromatic rings. The quantitative estimate of drug-likeness (QED) is 0.768. The van der Waals surface area contributed by atoms with Gasteiger partial charge in [0.25, 0.3) is 0 Å². The molecule has 0 aliphatic heterocycles. The third-order valence-corrected chi connectivity index (χ3v) is 3.22. The average Bonchev–Trinajstić information content (AvgIpc) is 2.27. The summed E-state index contributed by atoms with van der Waals surface area (Å²) in [6.45, 7) is 6.50. The zero-order valence-electron chi connectivity index (χ0n) is 11.8. The molecule has 0 heterocycles. The van der Waals surface area contributed by atoms with E-state index in [0.717, 1.165) is 25.7 Å². The molecule has 1 rings (SSSR count). The standard InChI is InChI=1S/C14H26O4/c1-14(2,3)18-13(16)10-17-9-12-6-4-11(8-15)5-7-12/h11-12,15H,4-10H2,1-3H3. The average molecular weight is 258 g/mol. The zero-order chi connectivity index (χ0) is 13.6. The van der Waals surface area contributed by atoms with E-state index in [2.05, 4.69) is 0 Å². The van der Waals surface area contributed by atoms with Gasteiger partial charge in [-0.3, -0.25) is 0 Å². The molecule has 0 spiro atoms. The first-order valence-corrected chi connectivity index (χ1v) is 6.81. The van der Waals surface area contributed by atoms with E-state index in [0.29, 0.717) is 25.0 Å². The molecular weight excluding hydrogens is 232 g/mol. The second kappa shape index (κ2) is 7.10. The Morgan fingerprint density at radius 2 is 1.72 bits per heavy atom. The fourth-order valence-electron chi connectivity index (χ4n) is 2.26. The first-order chi connectivity index (χ1) is 8.40. The van der Waals surface area contributed by atoms with Crippen LogP contribution in [-0.4, -0.2) is 36.5 Å². The van der Waals surface area contributed by atoms with Crippen LogP contribution in [0.2, 0.25) is 0 Å². The minimum atomic E-state index is -0.445. The predicted octanol–water partition coefficient (Wildman–Crippen LogP) is 2.14. The predicted molar refractivity (Wildman–Crippen MR) is 69.2 cm³/mol. The molecule has 0 aromatic carbocycles. The SMILES string of the molecule is CC(C)(C)OC(=O)COCC1CCC(CO)CC1. The van der Waals surface area contributed by atoms with Crippen LogP contribution in [0, 0.1) is 11.8 Å². The summed E-state index contributed by atoms with van der Waals surface area (Å²) in [6.07, 6.45) is 4.30. The van der Waals surface area contributed by atoms with Gasteiger partial charge in [-0.1, -0.05) is 0 Å². The largest absolute Gasteiger partial charge is 0.458 e. The van der Waals surface area contributed by atoms with Crippen LogP contribution < -0.4 is 0 Å². The van der Waals surface area contributed by atoms with Gasteiger partial charge in [0.1, 0.15) is 12.2 Å². The van der Waals surface area contributed by atoms with Crippen molar-refractivity contribution in [3.8, 4) is 0 Å². The van der Waals surface area contributed by atoms with Crippen LogP contribution >= 0.6 is 0 Å². The number of aliphatic hydroxyl groups excluding tert-OH is 1. The van der Waals surface area contributed by atoms with Gasteiger partial charge < -0.3 is 14.6 Å². The third kappa shape index (κ3) is 6.36. The number of aliphatic hydroxyl groups is 1. The molecule has 4 heteroatoms. The first kappa shape index (κ1) is 15.4. The second-order valence-corrected chi connectivity index (χ2v) is 6.17. The topological polar surface area (TPSA) is 55.8 Å². The van der Waals surface area contributed by atoms with Crippen molar-refractivity contribution in [2.75, 3.05) is 19.8 Å². The summed E-state index contributed by atoms with van der Waals surface area (Å²) in [7, 11) is 0. The summed E-state index contributed by atoms with van der Waals surface area (Å²) in [5.74, 6) is 0.689. The summed E-state index contributed by atoms with van der Waals surface area (Å²) in [5, 5.41) is 9.04. The van der Waals surface area contributed by atoms with Gasteiger partial charge in [0.05, 0.1) is 6.61 Å². The van der Waals surface area contributed by atoms with E-state index in [1.807, 2.05) is 20.8 Å². The molecule has 0 atom stereocenters. The summed E-state index contributed by atoms with van der Waals surface area (Å²) in [5.41, 5.74) is -0.445. The van der Waals surface area contributed by atoms with Gasteiger partial charge in [0.15, 0.2) is 0 Å². The van der Waals surface area contributed by atoms with Crippen LogP contribution in [0.15, 0.2) is 0 Å². The van der Waals surface area contributed by atoms with Gasteiger partial charge in [-0.05, 0) is 58.3 Å². The Hall–Kier alpha value is -0.610. The van der Waals surface area contributed by atoms with E-state index >= 15 is 0 Å². The molecule has 0 amide bonds. The van der Waals surface area contributed by atoms with Crippen molar-refractivity contribution in [1.82, 2.24) is 0 Å². The highest BCUT2D eigenvalue weighted by atomic mass is 16.6. The molecule has 1 N–H and O–H groups in total. The molecule has 4 nitrogen and oxygen atoms in total. The number of esters is 1. The maximum atomic E-state index is 11.4. The highest BCUT2D eigenvalue weighted by Crippen LogP contribution is 2.28. The highest BCUT2D eigenvalue weighted by Gasteiger charge is 2.21. The van der Waals surface area contributed by atoms with Gasteiger partial charge in [0.2, 0.25) is 0 Å². The van der Waals surface area contributed by atoms with Crippen LogP contribution in [0.4, 0.5) is 0 Å². The molecule has 1 aliphatic carbocycles. The lowest BCUT2D eigenvalue weighted by Crippen LogP contribution is -2.28. The molecule has 1 aliphatic rings. The number of hydrogen-bond donors (Lipinski definition) is 1. The normalized spacial score (nSPS) is 24.9. The third-order valence-electron chi connectivity index (χ3n) is 3.22. The summed E-state index contributed by atoms with van der Waals surface area (Å²) < 4.78 is 10.6. The monoisotopic (exact) mass is 258 g/mol. The Labute approximate surface area is 110 Å². The van der Waals surface area contributed by atoms with Crippen molar-refractivity contribution in [1.29, 1.82) is 0 Å². The van der Waals surface area contributed by atoms with E-state index in [9.17, 15) is 4.79 Å². The fourth-order valence-corrected chi connectivity index (χ4v) is 2.26. The van der Waals surface area contributed by atoms with Crippen LogP contribution in [0.25, 0.3) is 0 Å². The fraction of sp³-hybridized carbons (Fsp3) is 0.929. The lowest BCUT2D eigenvalue weighted by molar-refractivity contribution is -0.160. The van der Waals surface area contributed by atoms with Crippen LogP contribution in [0.5, 0.6) is 0 Å². The Morgan fingerprint density at radius 3 is 2.22 bits per heavy atom. The van der Waals surface area contributed by atoms with E-state index < -0.39 is 5.60 Å². The number of rotatable bonds is 5. The minimum absolute atomic E-state index is 0.0389. The lowest BCUT2D eigenvalue weighted by atomic mass is 9.83. The van der Waals surface area contributed by atoms with E-state index in [-0.39, 0.29) is 12.6 Å². The van der Waals surface area contributed by atoms with Crippen molar-refractivity contribution in [2.24, 2.45) is 11.8 Å². The molecule has 1 fully saturated rings. The molecule has 18 heavy (non-hydrogen) atoms. The van der Waals surface area contributed by atoms with E-state index in [1.54, 1.807) is 0 Å². The number of ether oxygens (including phenoxy) is 2. The number of carbonyl (C=O) groups excluding carboxylic acids is 1. The lowest BCUT2D eigenvalue weighted by Gasteiger charge is -2.27. The summed E-state index contributed by atoms with van der Waals surface area (Å²) in [6, 6.07) is 0. The maximum Gasteiger partial charge on any atom is 0.332 e.